The highest BCUT2D eigenvalue weighted by Crippen LogP contribution is 2.20. The van der Waals surface area contributed by atoms with Crippen molar-refractivity contribution < 1.29 is 4.79 Å². The molecule has 1 aromatic heterocycles. The van der Waals surface area contributed by atoms with Gasteiger partial charge in [-0.25, -0.2) is 4.98 Å². The van der Waals surface area contributed by atoms with Crippen LogP contribution >= 0.6 is 11.3 Å². The number of nitrogens with two attached hydrogens (primary N) is 1. The van der Waals surface area contributed by atoms with Gasteiger partial charge in [-0.05, 0) is 31.2 Å². The van der Waals surface area contributed by atoms with Crippen LogP contribution in [0.15, 0.2) is 11.6 Å². The highest BCUT2D eigenvalue weighted by molar-refractivity contribution is 7.09. The molecule has 2 atom stereocenters. The summed E-state index contributed by atoms with van der Waals surface area (Å²) in [6, 6.07) is 0.0324. The van der Waals surface area contributed by atoms with E-state index in [2.05, 4.69) is 31.1 Å². The van der Waals surface area contributed by atoms with Crippen molar-refractivity contribution in [2.75, 3.05) is 6.54 Å². The average molecular weight is 283 g/mol. The van der Waals surface area contributed by atoms with Crippen LogP contribution in [0.25, 0.3) is 0 Å². The van der Waals surface area contributed by atoms with E-state index < -0.39 is 0 Å². The molecule has 4 nitrogen and oxygen atoms in total. The number of rotatable bonds is 8. The van der Waals surface area contributed by atoms with Gasteiger partial charge in [0.25, 0.3) is 0 Å². The average Bonchev–Trinajstić information content (AvgIpc) is 2.88. The lowest BCUT2D eigenvalue weighted by atomic mass is 9.94. The molecule has 19 heavy (non-hydrogen) atoms. The van der Waals surface area contributed by atoms with Crippen molar-refractivity contribution in [2.24, 2.45) is 17.6 Å². The summed E-state index contributed by atoms with van der Waals surface area (Å²) in [5, 5.41) is 5.97. The Hall–Kier alpha value is -0.940. The first-order valence-corrected chi connectivity index (χ1v) is 7.83. The molecule has 1 amide bonds. The van der Waals surface area contributed by atoms with Gasteiger partial charge >= 0.3 is 0 Å². The van der Waals surface area contributed by atoms with Crippen LogP contribution in [0.1, 0.15) is 51.1 Å². The van der Waals surface area contributed by atoms with E-state index in [-0.39, 0.29) is 17.9 Å². The molecule has 0 radical (unpaired) electrons. The van der Waals surface area contributed by atoms with Crippen LogP contribution in [0.3, 0.4) is 0 Å². The van der Waals surface area contributed by atoms with E-state index in [0.29, 0.717) is 18.9 Å². The predicted molar refractivity (Wildman–Crippen MR) is 79.9 cm³/mol. The molecule has 1 heterocycles. The van der Waals surface area contributed by atoms with Crippen LogP contribution in [0.4, 0.5) is 0 Å². The lowest BCUT2D eigenvalue weighted by molar-refractivity contribution is -0.122. The summed E-state index contributed by atoms with van der Waals surface area (Å²) in [5.74, 6) is 0.925. The van der Waals surface area contributed by atoms with Gasteiger partial charge in [0, 0.05) is 18.0 Å². The number of carbonyl (C=O) groups is 1. The number of nitrogens with one attached hydrogen (secondary N) is 1. The smallest absolute Gasteiger partial charge is 0.220 e. The molecule has 0 saturated carbocycles. The third-order valence-corrected chi connectivity index (χ3v) is 3.99. The predicted octanol–water partition coefficient (Wildman–Crippen LogP) is 2.72. The molecule has 0 spiro atoms. The quantitative estimate of drug-likeness (QED) is 0.771. The second-order valence-corrected chi connectivity index (χ2v) is 6.26. The zero-order chi connectivity index (χ0) is 14.3. The Morgan fingerprint density at radius 2 is 2.26 bits per heavy atom. The Labute approximate surface area is 119 Å². The lowest BCUT2D eigenvalue weighted by Crippen LogP contribution is -2.31. The zero-order valence-electron chi connectivity index (χ0n) is 12.1. The van der Waals surface area contributed by atoms with Crippen LogP contribution in [0.5, 0.6) is 0 Å². The summed E-state index contributed by atoms with van der Waals surface area (Å²) >= 11 is 1.58. The van der Waals surface area contributed by atoms with Gasteiger partial charge in [-0.3, -0.25) is 4.79 Å². The molecule has 2 unspecified atom stereocenters. The maximum atomic E-state index is 12.1. The Kier molecular flexibility index (Phi) is 7.02. The number of aromatic nitrogens is 1. The monoisotopic (exact) mass is 283 g/mol. The molecule has 1 aromatic rings. The Morgan fingerprint density at radius 1 is 1.53 bits per heavy atom. The standard InChI is InChI=1S/C14H25N3OS/c1-4-12(14-16-5-6-19-14)17-13(18)8-11(9-15)7-10(2)3/h5-6,10-12H,4,7-9,15H2,1-3H3,(H,17,18). The lowest BCUT2D eigenvalue weighted by Gasteiger charge is -2.19. The van der Waals surface area contributed by atoms with E-state index in [0.717, 1.165) is 17.8 Å². The fourth-order valence-corrected chi connectivity index (χ4v) is 2.96. The Morgan fingerprint density at radius 3 is 2.74 bits per heavy atom. The first-order chi connectivity index (χ1) is 9.06. The Bertz CT molecular complexity index is 365. The summed E-state index contributed by atoms with van der Waals surface area (Å²) in [6.07, 6.45) is 4.14. The highest BCUT2D eigenvalue weighted by Gasteiger charge is 2.18. The minimum Gasteiger partial charge on any atom is -0.347 e. The minimum atomic E-state index is 0.0324. The number of hydrogen-bond donors (Lipinski definition) is 2. The number of carbonyl (C=O) groups excluding carboxylic acids is 1. The highest BCUT2D eigenvalue weighted by atomic mass is 32.1. The zero-order valence-corrected chi connectivity index (χ0v) is 12.9. The van der Waals surface area contributed by atoms with Crippen molar-refractivity contribution in [3.8, 4) is 0 Å². The molecule has 3 N–H and O–H groups in total. The van der Waals surface area contributed by atoms with Crippen molar-refractivity contribution in [2.45, 2.75) is 46.1 Å². The van der Waals surface area contributed by atoms with Gasteiger partial charge in [0.05, 0.1) is 6.04 Å². The number of hydrogen-bond acceptors (Lipinski definition) is 4. The van der Waals surface area contributed by atoms with E-state index in [9.17, 15) is 4.79 Å². The summed E-state index contributed by atoms with van der Waals surface area (Å²) in [6.45, 7) is 6.94. The van der Waals surface area contributed by atoms with E-state index in [1.807, 2.05) is 5.38 Å². The van der Waals surface area contributed by atoms with Crippen LogP contribution in [-0.2, 0) is 4.79 Å². The van der Waals surface area contributed by atoms with Crippen LogP contribution in [0.2, 0.25) is 0 Å². The van der Waals surface area contributed by atoms with E-state index in [4.69, 9.17) is 5.73 Å². The molecule has 0 saturated heterocycles. The van der Waals surface area contributed by atoms with Gasteiger partial charge in [-0.2, -0.15) is 0 Å². The third-order valence-electron chi connectivity index (χ3n) is 3.11. The molecule has 108 valence electrons. The molecule has 0 aliphatic rings. The van der Waals surface area contributed by atoms with Crippen molar-refractivity contribution in [1.82, 2.24) is 10.3 Å². The summed E-state index contributed by atoms with van der Waals surface area (Å²) in [5.41, 5.74) is 5.74. The SMILES string of the molecule is CCC(NC(=O)CC(CN)CC(C)C)c1nccs1. The summed E-state index contributed by atoms with van der Waals surface area (Å²) in [4.78, 5) is 16.3. The van der Waals surface area contributed by atoms with Crippen molar-refractivity contribution in [3.05, 3.63) is 16.6 Å². The molecule has 0 bridgehead atoms. The molecule has 0 aliphatic carbocycles. The maximum absolute atomic E-state index is 12.1. The van der Waals surface area contributed by atoms with Gasteiger partial charge in [0.15, 0.2) is 0 Å². The van der Waals surface area contributed by atoms with Crippen molar-refractivity contribution in [3.63, 3.8) is 0 Å². The first-order valence-electron chi connectivity index (χ1n) is 6.95. The third kappa shape index (κ3) is 5.70. The molecular formula is C14H25N3OS. The summed E-state index contributed by atoms with van der Waals surface area (Å²) < 4.78 is 0. The van der Waals surface area contributed by atoms with Gasteiger partial charge in [0.2, 0.25) is 5.91 Å². The van der Waals surface area contributed by atoms with Gasteiger partial charge in [-0.15, -0.1) is 11.3 Å². The molecular weight excluding hydrogens is 258 g/mol. The summed E-state index contributed by atoms with van der Waals surface area (Å²) in [7, 11) is 0. The molecule has 0 aromatic carbocycles. The fraction of sp³-hybridized carbons (Fsp3) is 0.714. The molecule has 0 aliphatic heterocycles. The van der Waals surface area contributed by atoms with Crippen molar-refractivity contribution >= 4 is 17.2 Å². The minimum absolute atomic E-state index is 0.0324. The number of thiazole rings is 1. The second kappa shape index (κ2) is 8.27. The van der Waals surface area contributed by atoms with Gasteiger partial charge in [-0.1, -0.05) is 20.8 Å². The topological polar surface area (TPSA) is 68.0 Å². The fourth-order valence-electron chi connectivity index (χ4n) is 2.19. The van der Waals surface area contributed by atoms with E-state index in [1.54, 1.807) is 17.5 Å². The normalized spacial score (nSPS) is 14.4. The van der Waals surface area contributed by atoms with Crippen LogP contribution in [0, 0.1) is 11.8 Å². The van der Waals surface area contributed by atoms with E-state index >= 15 is 0 Å². The second-order valence-electron chi connectivity index (χ2n) is 5.33. The van der Waals surface area contributed by atoms with Crippen LogP contribution < -0.4 is 11.1 Å². The molecule has 5 heteroatoms. The maximum Gasteiger partial charge on any atom is 0.220 e. The van der Waals surface area contributed by atoms with Crippen LogP contribution in [-0.4, -0.2) is 17.4 Å². The molecule has 0 fully saturated rings. The van der Waals surface area contributed by atoms with E-state index in [1.165, 1.54) is 0 Å². The van der Waals surface area contributed by atoms with Crippen molar-refractivity contribution in [1.29, 1.82) is 0 Å². The number of nitrogens with zero attached hydrogens (tertiary/aromatic N) is 1. The van der Waals surface area contributed by atoms with Gasteiger partial charge in [0.1, 0.15) is 5.01 Å². The Balaban J connectivity index is 2.48. The first kappa shape index (κ1) is 16.1. The largest absolute Gasteiger partial charge is 0.347 e. The van der Waals surface area contributed by atoms with Gasteiger partial charge < -0.3 is 11.1 Å². The molecule has 1 rings (SSSR count). The number of amides is 1.